The lowest BCUT2D eigenvalue weighted by Gasteiger charge is -2.00. The fourth-order valence-electron chi connectivity index (χ4n) is 1.66. The Hall–Kier alpha value is -1.39. The number of hydrogen-bond acceptors (Lipinski definition) is 4. The number of esters is 1. The van der Waals surface area contributed by atoms with Crippen LogP contribution in [0.2, 0.25) is 0 Å². The Morgan fingerprint density at radius 2 is 2.00 bits per heavy atom. The first-order valence-electron chi connectivity index (χ1n) is 6.26. The molecule has 0 N–H and O–H groups in total. The van der Waals surface area contributed by atoms with Crippen LogP contribution >= 0.6 is 0 Å². The Labute approximate surface area is 102 Å². The average Bonchev–Trinajstić information content (AvgIpc) is 2.81. The fourth-order valence-corrected chi connectivity index (χ4v) is 1.66. The van der Waals surface area contributed by atoms with E-state index in [0.717, 1.165) is 13.0 Å². The third kappa shape index (κ3) is 4.97. The molecule has 1 aromatic rings. The van der Waals surface area contributed by atoms with E-state index >= 15 is 0 Å². The molecule has 0 aliphatic heterocycles. The molecule has 0 fully saturated rings. The van der Waals surface area contributed by atoms with Crippen LogP contribution in [0, 0.1) is 0 Å². The second-order valence-electron chi connectivity index (χ2n) is 4.13. The maximum Gasteiger partial charge on any atom is 0.360 e. The topological polar surface area (TPSA) is 57.0 Å². The summed E-state index contributed by atoms with van der Waals surface area (Å²) in [6, 6.07) is 0. The first kappa shape index (κ1) is 13.7. The molecule has 5 nitrogen and oxygen atoms in total. The van der Waals surface area contributed by atoms with E-state index in [4.69, 9.17) is 0 Å². The molecule has 0 aliphatic rings. The molecule has 17 heavy (non-hydrogen) atoms. The van der Waals surface area contributed by atoms with Crippen molar-refractivity contribution in [2.45, 2.75) is 52.0 Å². The van der Waals surface area contributed by atoms with E-state index in [0.29, 0.717) is 0 Å². The predicted molar refractivity (Wildman–Crippen MR) is 64.7 cm³/mol. The molecule has 0 radical (unpaired) electrons. The Morgan fingerprint density at radius 1 is 1.29 bits per heavy atom. The molecule has 1 rings (SSSR count). The van der Waals surface area contributed by atoms with Gasteiger partial charge in [-0.3, -0.25) is 4.68 Å². The van der Waals surface area contributed by atoms with E-state index in [1.165, 1.54) is 39.2 Å². The van der Waals surface area contributed by atoms with Gasteiger partial charge in [-0.1, -0.05) is 44.2 Å². The molecule has 96 valence electrons. The molecule has 0 unspecified atom stereocenters. The Kier molecular flexibility index (Phi) is 6.29. The maximum atomic E-state index is 11.1. The molecular formula is C12H21N3O2. The Balaban J connectivity index is 2.19. The molecule has 0 atom stereocenters. The van der Waals surface area contributed by atoms with Crippen LogP contribution < -0.4 is 0 Å². The zero-order valence-corrected chi connectivity index (χ0v) is 10.7. The van der Waals surface area contributed by atoms with Crippen molar-refractivity contribution in [1.29, 1.82) is 0 Å². The summed E-state index contributed by atoms with van der Waals surface area (Å²) in [7, 11) is 1.34. The second kappa shape index (κ2) is 7.81. The monoisotopic (exact) mass is 239 g/mol. The lowest BCUT2D eigenvalue weighted by Crippen LogP contribution is -2.01. The van der Waals surface area contributed by atoms with Gasteiger partial charge in [0.2, 0.25) is 0 Å². The smallest absolute Gasteiger partial charge is 0.360 e. The third-order valence-electron chi connectivity index (χ3n) is 2.67. The molecule has 0 aromatic carbocycles. The van der Waals surface area contributed by atoms with E-state index in [2.05, 4.69) is 22.0 Å². The highest BCUT2D eigenvalue weighted by Crippen LogP contribution is 2.06. The number of unbranched alkanes of at least 4 members (excludes halogenated alkanes) is 5. The van der Waals surface area contributed by atoms with Crippen LogP contribution in [0.1, 0.15) is 55.9 Å². The SMILES string of the molecule is CCCCCCCCn1cc(C(=O)OC)nn1. The zero-order chi connectivity index (χ0) is 12.5. The molecule has 5 heteroatoms. The van der Waals surface area contributed by atoms with Gasteiger partial charge in [0.15, 0.2) is 5.69 Å². The van der Waals surface area contributed by atoms with E-state index in [-0.39, 0.29) is 5.69 Å². The number of aromatic nitrogens is 3. The van der Waals surface area contributed by atoms with Crippen molar-refractivity contribution in [2.24, 2.45) is 0 Å². The normalized spacial score (nSPS) is 10.5. The minimum Gasteiger partial charge on any atom is -0.464 e. The highest BCUT2D eigenvalue weighted by Gasteiger charge is 2.09. The number of ether oxygens (including phenoxy) is 1. The Bertz CT molecular complexity index is 336. The highest BCUT2D eigenvalue weighted by molar-refractivity contribution is 5.86. The lowest BCUT2D eigenvalue weighted by atomic mass is 10.1. The summed E-state index contributed by atoms with van der Waals surface area (Å²) >= 11 is 0. The van der Waals surface area contributed by atoms with Crippen LogP contribution in [0.15, 0.2) is 6.20 Å². The second-order valence-corrected chi connectivity index (χ2v) is 4.13. The van der Waals surface area contributed by atoms with Crippen LogP contribution in [0.3, 0.4) is 0 Å². The molecule has 0 saturated carbocycles. The highest BCUT2D eigenvalue weighted by atomic mass is 16.5. The van der Waals surface area contributed by atoms with E-state index in [1.807, 2.05) is 0 Å². The molecule has 1 heterocycles. The molecule has 1 aromatic heterocycles. The van der Waals surface area contributed by atoms with Gasteiger partial charge in [-0.15, -0.1) is 5.10 Å². The van der Waals surface area contributed by atoms with Crippen molar-refractivity contribution in [2.75, 3.05) is 7.11 Å². The van der Waals surface area contributed by atoms with E-state index in [9.17, 15) is 4.79 Å². The van der Waals surface area contributed by atoms with Crippen molar-refractivity contribution in [3.8, 4) is 0 Å². The molecule has 0 spiro atoms. The van der Waals surface area contributed by atoms with Crippen molar-refractivity contribution in [3.63, 3.8) is 0 Å². The average molecular weight is 239 g/mol. The van der Waals surface area contributed by atoms with Gasteiger partial charge >= 0.3 is 5.97 Å². The van der Waals surface area contributed by atoms with Crippen molar-refractivity contribution >= 4 is 5.97 Å². The van der Waals surface area contributed by atoms with Gasteiger partial charge in [0, 0.05) is 6.54 Å². The predicted octanol–water partition coefficient (Wildman–Crippen LogP) is 2.43. The van der Waals surface area contributed by atoms with Crippen molar-refractivity contribution in [3.05, 3.63) is 11.9 Å². The van der Waals surface area contributed by atoms with Crippen LogP contribution in [0.4, 0.5) is 0 Å². The quantitative estimate of drug-likeness (QED) is 0.516. The number of nitrogens with zero attached hydrogens (tertiary/aromatic N) is 3. The summed E-state index contributed by atoms with van der Waals surface area (Å²) in [5, 5.41) is 7.64. The summed E-state index contributed by atoms with van der Waals surface area (Å²) in [6.07, 6.45) is 9.08. The third-order valence-corrected chi connectivity index (χ3v) is 2.67. The van der Waals surface area contributed by atoms with Crippen LogP contribution in [0.5, 0.6) is 0 Å². The minimum atomic E-state index is -0.431. The summed E-state index contributed by atoms with van der Waals surface area (Å²) in [4.78, 5) is 11.1. The van der Waals surface area contributed by atoms with Gasteiger partial charge < -0.3 is 4.74 Å². The number of carbonyl (C=O) groups is 1. The van der Waals surface area contributed by atoms with Crippen LogP contribution in [0.25, 0.3) is 0 Å². The Morgan fingerprint density at radius 3 is 2.71 bits per heavy atom. The summed E-state index contributed by atoms with van der Waals surface area (Å²) in [5.74, 6) is -0.431. The molecule has 0 bridgehead atoms. The number of hydrogen-bond donors (Lipinski definition) is 0. The maximum absolute atomic E-state index is 11.1. The summed E-state index contributed by atoms with van der Waals surface area (Å²) < 4.78 is 6.27. The van der Waals surface area contributed by atoms with Crippen molar-refractivity contribution < 1.29 is 9.53 Å². The first-order chi connectivity index (χ1) is 8.27. The fraction of sp³-hybridized carbons (Fsp3) is 0.750. The number of aryl methyl sites for hydroxylation is 1. The molecular weight excluding hydrogens is 218 g/mol. The van der Waals surface area contributed by atoms with Gasteiger partial charge in [0.05, 0.1) is 13.3 Å². The van der Waals surface area contributed by atoms with Gasteiger partial charge in [-0.2, -0.15) is 0 Å². The molecule has 0 aliphatic carbocycles. The summed E-state index contributed by atoms with van der Waals surface area (Å²) in [6.45, 7) is 3.03. The summed E-state index contributed by atoms with van der Waals surface area (Å²) in [5.41, 5.74) is 0.276. The van der Waals surface area contributed by atoms with E-state index in [1.54, 1.807) is 10.9 Å². The number of methoxy groups -OCH3 is 1. The van der Waals surface area contributed by atoms with Gasteiger partial charge in [0.1, 0.15) is 0 Å². The van der Waals surface area contributed by atoms with E-state index < -0.39 is 5.97 Å². The lowest BCUT2D eigenvalue weighted by molar-refractivity contribution is 0.0594. The van der Waals surface area contributed by atoms with Gasteiger partial charge in [-0.05, 0) is 6.42 Å². The number of carbonyl (C=O) groups excluding carboxylic acids is 1. The first-order valence-corrected chi connectivity index (χ1v) is 6.26. The minimum absolute atomic E-state index is 0.276. The van der Waals surface area contributed by atoms with Gasteiger partial charge in [0.25, 0.3) is 0 Å². The van der Waals surface area contributed by atoms with Crippen LogP contribution in [-0.4, -0.2) is 28.1 Å². The zero-order valence-electron chi connectivity index (χ0n) is 10.7. The molecule has 0 amide bonds. The van der Waals surface area contributed by atoms with Crippen molar-refractivity contribution in [1.82, 2.24) is 15.0 Å². The number of rotatable bonds is 8. The van der Waals surface area contributed by atoms with Gasteiger partial charge in [-0.25, -0.2) is 4.79 Å². The molecule has 0 saturated heterocycles. The largest absolute Gasteiger partial charge is 0.464 e. The standard InChI is InChI=1S/C12H21N3O2/c1-3-4-5-6-7-8-9-15-10-11(13-14-15)12(16)17-2/h10H,3-9H2,1-2H3. The van der Waals surface area contributed by atoms with Crippen LogP contribution in [-0.2, 0) is 11.3 Å².